The fourth-order valence-corrected chi connectivity index (χ4v) is 1.50. The summed E-state index contributed by atoms with van der Waals surface area (Å²) in [6.07, 6.45) is 2.01. The number of hydrogen-bond acceptors (Lipinski definition) is 0. The fourth-order valence-electron chi connectivity index (χ4n) is 1.26. The zero-order chi connectivity index (χ0) is 9.84. The van der Waals surface area contributed by atoms with Gasteiger partial charge in [0.2, 0.25) is 0 Å². The maximum atomic E-state index is 5.96. The lowest BCUT2D eigenvalue weighted by atomic mass is 10.2. The summed E-state index contributed by atoms with van der Waals surface area (Å²) < 4.78 is 2.06. The van der Waals surface area contributed by atoms with Crippen LogP contribution in [0.2, 0.25) is 5.02 Å². The highest BCUT2D eigenvalue weighted by atomic mass is 35.5. The molecule has 1 nitrogen and oxygen atoms in total. The molecular weight excluding hydrogens is 182 g/mol. The number of rotatable bonds is 0. The van der Waals surface area contributed by atoms with Crippen molar-refractivity contribution in [2.75, 3.05) is 0 Å². The van der Waals surface area contributed by atoms with Gasteiger partial charge in [-0.2, -0.15) is 0 Å². The van der Waals surface area contributed by atoms with Gasteiger partial charge in [-0.15, -0.1) is 0 Å². The highest BCUT2D eigenvalue weighted by molar-refractivity contribution is 6.35. The number of hydrogen-bond donors (Lipinski definition) is 0. The van der Waals surface area contributed by atoms with Gasteiger partial charge in [0.1, 0.15) is 0 Å². The lowest BCUT2D eigenvalue weighted by Crippen LogP contribution is -1.82. The molecule has 0 fully saturated rings. The van der Waals surface area contributed by atoms with E-state index in [2.05, 4.69) is 10.6 Å². The van der Waals surface area contributed by atoms with Crippen LogP contribution in [0.5, 0.6) is 0 Å². The minimum atomic E-state index is 0.822. The van der Waals surface area contributed by atoms with E-state index < -0.39 is 0 Å². The van der Waals surface area contributed by atoms with Crippen LogP contribution < -0.4 is 0 Å². The quantitative estimate of drug-likeness (QED) is 0.602. The number of aromatic nitrogens is 1. The van der Waals surface area contributed by atoms with E-state index in [1.807, 2.05) is 45.3 Å². The first-order valence-corrected chi connectivity index (χ1v) is 4.86. The van der Waals surface area contributed by atoms with Crippen molar-refractivity contribution in [2.24, 2.45) is 7.05 Å². The molecule has 0 spiro atoms. The average Bonchev–Trinajstić information content (AvgIpc) is 2.53. The Kier molecular flexibility index (Phi) is 3.38. The average molecular weight is 196 g/mol. The lowest BCUT2D eigenvalue weighted by molar-refractivity contribution is 0.969. The summed E-state index contributed by atoms with van der Waals surface area (Å²) in [6.45, 7) is 4.00. The van der Waals surface area contributed by atoms with Crippen molar-refractivity contribution in [3.8, 4) is 0 Å². The Balaban J connectivity index is 0.000000396. The third kappa shape index (κ3) is 1.86. The van der Waals surface area contributed by atoms with Gasteiger partial charge in [0.15, 0.2) is 0 Å². The third-order valence-corrected chi connectivity index (χ3v) is 2.20. The summed E-state index contributed by atoms with van der Waals surface area (Å²) in [4.78, 5) is 0. The summed E-state index contributed by atoms with van der Waals surface area (Å²) in [6, 6.07) is 7.95. The molecule has 2 heteroatoms. The van der Waals surface area contributed by atoms with Crippen LogP contribution in [0, 0.1) is 0 Å². The molecule has 0 amide bonds. The van der Waals surface area contributed by atoms with E-state index in [4.69, 9.17) is 11.6 Å². The summed E-state index contributed by atoms with van der Waals surface area (Å²) in [5, 5.41) is 1.94. The lowest BCUT2D eigenvalue weighted by Gasteiger charge is -1.95. The second-order valence-electron chi connectivity index (χ2n) is 2.60. The van der Waals surface area contributed by atoms with Crippen molar-refractivity contribution < 1.29 is 0 Å². The Bertz CT molecular complexity index is 390. The Morgan fingerprint density at radius 2 is 1.85 bits per heavy atom. The number of benzene rings is 1. The van der Waals surface area contributed by atoms with Crippen LogP contribution in [-0.4, -0.2) is 4.57 Å². The molecule has 2 rings (SSSR count). The van der Waals surface area contributed by atoms with Gasteiger partial charge in [-0.1, -0.05) is 31.5 Å². The van der Waals surface area contributed by atoms with Crippen molar-refractivity contribution in [3.63, 3.8) is 0 Å². The van der Waals surface area contributed by atoms with Crippen LogP contribution in [0.3, 0.4) is 0 Å². The molecule has 0 aliphatic rings. The first-order valence-electron chi connectivity index (χ1n) is 4.48. The van der Waals surface area contributed by atoms with Crippen LogP contribution in [0.1, 0.15) is 13.8 Å². The SMILES string of the molecule is CC.Cn1ccc2c(Cl)cccc21. The topological polar surface area (TPSA) is 4.93 Å². The summed E-state index contributed by atoms with van der Waals surface area (Å²) >= 11 is 5.96. The molecule has 0 saturated heterocycles. The predicted octanol–water partition coefficient (Wildman–Crippen LogP) is 3.86. The molecule has 0 atom stereocenters. The molecule has 0 radical (unpaired) electrons. The van der Waals surface area contributed by atoms with Gasteiger partial charge < -0.3 is 4.57 Å². The summed E-state index contributed by atoms with van der Waals surface area (Å²) in [7, 11) is 2.01. The monoisotopic (exact) mass is 195 g/mol. The van der Waals surface area contributed by atoms with Crippen LogP contribution in [0.15, 0.2) is 30.5 Å². The molecule has 1 aromatic heterocycles. The molecule has 70 valence electrons. The first-order chi connectivity index (χ1) is 6.29. The predicted molar refractivity (Wildman–Crippen MR) is 59.3 cm³/mol. The third-order valence-electron chi connectivity index (χ3n) is 1.87. The zero-order valence-electron chi connectivity index (χ0n) is 8.21. The normalized spacial score (nSPS) is 9.54. The second-order valence-corrected chi connectivity index (χ2v) is 3.01. The highest BCUT2D eigenvalue weighted by Gasteiger charge is 1.99. The standard InChI is InChI=1S/C9H8ClN.C2H6/c1-11-6-5-7-8(10)3-2-4-9(7)11;1-2/h2-6H,1H3;1-2H3. The smallest absolute Gasteiger partial charge is 0.0499 e. The number of aryl methyl sites for hydroxylation is 1. The van der Waals surface area contributed by atoms with E-state index in [0.717, 1.165) is 10.4 Å². The van der Waals surface area contributed by atoms with Gasteiger partial charge in [-0.3, -0.25) is 0 Å². The number of nitrogens with zero attached hydrogens (tertiary/aromatic N) is 1. The molecule has 0 N–H and O–H groups in total. The minimum absolute atomic E-state index is 0.822. The molecule has 1 heterocycles. The van der Waals surface area contributed by atoms with Crippen molar-refractivity contribution >= 4 is 22.5 Å². The fraction of sp³-hybridized carbons (Fsp3) is 0.273. The van der Waals surface area contributed by atoms with Gasteiger partial charge in [-0.05, 0) is 18.2 Å². The first kappa shape index (κ1) is 10.1. The van der Waals surface area contributed by atoms with E-state index in [1.165, 1.54) is 5.52 Å². The highest BCUT2D eigenvalue weighted by Crippen LogP contribution is 2.22. The Morgan fingerprint density at radius 3 is 2.46 bits per heavy atom. The summed E-state index contributed by atoms with van der Waals surface area (Å²) in [5.74, 6) is 0. The summed E-state index contributed by atoms with van der Waals surface area (Å²) in [5.41, 5.74) is 1.18. The largest absolute Gasteiger partial charge is 0.351 e. The minimum Gasteiger partial charge on any atom is -0.351 e. The van der Waals surface area contributed by atoms with E-state index >= 15 is 0 Å². The Morgan fingerprint density at radius 1 is 1.15 bits per heavy atom. The molecule has 0 aliphatic carbocycles. The van der Waals surface area contributed by atoms with E-state index in [9.17, 15) is 0 Å². The Hall–Kier alpha value is -0.950. The zero-order valence-corrected chi connectivity index (χ0v) is 8.97. The Labute approximate surface area is 83.9 Å². The van der Waals surface area contributed by atoms with Crippen LogP contribution in [0.4, 0.5) is 0 Å². The van der Waals surface area contributed by atoms with Crippen molar-refractivity contribution in [2.45, 2.75) is 13.8 Å². The van der Waals surface area contributed by atoms with Gasteiger partial charge >= 0.3 is 0 Å². The van der Waals surface area contributed by atoms with Crippen molar-refractivity contribution in [3.05, 3.63) is 35.5 Å². The molecule has 0 bridgehead atoms. The molecular formula is C11H14ClN. The van der Waals surface area contributed by atoms with Crippen LogP contribution >= 0.6 is 11.6 Å². The van der Waals surface area contributed by atoms with Gasteiger partial charge in [-0.25, -0.2) is 0 Å². The van der Waals surface area contributed by atoms with E-state index in [1.54, 1.807) is 0 Å². The van der Waals surface area contributed by atoms with Crippen molar-refractivity contribution in [1.82, 2.24) is 4.57 Å². The van der Waals surface area contributed by atoms with Crippen LogP contribution in [0.25, 0.3) is 10.9 Å². The molecule has 1 aromatic carbocycles. The molecule has 0 unspecified atom stereocenters. The van der Waals surface area contributed by atoms with E-state index in [0.29, 0.717) is 0 Å². The molecule has 0 aliphatic heterocycles. The number of halogens is 1. The number of fused-ring (bicyclic) bond motifs is 1. The van der Waals surface area contributed by atoms with Gasteiger partial charge in [0.25, 0.3) is 0 Å². The molecule has 0 saturated carbocycles. The second kappa shape index (κ2) is 4.33. The van der Waals surface area contributed by atoms with Gasteiger partial charge in [0, 0.05) is 29.2 Å². The molecule has 13 heavy (non-hydrogen) atoms. The molecule has 2 aromatic rings. The maximum Gasteiger partial charge on any atom is 0.0499 e. The van der Waals surface area contributed by atoms with E-state index in [-0.39, 0.29) is 0 Å². The van der Waals surface area contributed by atoms with Crippen LogP contribution in [-0.2, 0) is 7.05 Å². The van der Waals surface area contributed by atoms with Crippen molar-refractivity contribution in [1.29, 1.82) is 0 Å². The van der Waals surface area contributed by atoms with Gasteiger partial charge in [0.05, 0.1) is 0 Å². The maximum absolute atomic E-state index is 5.96.